The summed E-state index contributed by atoms with van der Waals surface area (Å²) in [5.41, 5.74) is 6.04. The summed E-state index contributed by atoms with van der Waals surface area (Å²) >= 11 is 0. The van der Waals surface area contributed by atoms with Crippen molar-refractivity contribution in [3.63, 3.8) is 0 Å². The van der Waals surface area contributed by atoms with Crippen LogP contribution >= 0.6 is 0 Å². The van der Waals surface area contributed by atoms with E-state index >= 15 is 0 Å². The van der Waals surface area contributed by atoms with E-state index in [2.05, 4.69) is 21.6 Å². The largest absolute Gasteiger partial charge is 0.276 e. The fourth-order valence-corrected chi connectivity index (χ4v) is 1.82. The van der Waals surface area contributed by atoms with Crippen LogP contribution in [0.15, 0.2) is 30.7 Å². The second kappa shape index (κ2) is 5.07. The summed E-state index contributed by atoms with van der Waals surface area (Å²) in [4.78, 5) is 4.18. The van der Waals surface area contributed by atoms with Crippen LogP contribution in [0.5, 0.6) is 0 Å². The molecule has 0 aliphatic rings. The van der Waals surface area contributed by atoms with Crippen LogP contribution in [0.3, 0.4) is 0 Å². The van der Waals surface area contributed by atoms with Crippen LogP contribution < -0.4 is 11.3 Å². The third kappa shape index (κ3) is 2.89. The van der Waals surface area contributed by atoms with Gasteiger partial charge in [-0.3, -0.25) is 20.9 Å². The quantitative estimate of drug-likeness (QED) is 0.605. The van der Waals surface area contributed by atoms with Gasteiger partial charge < -0.3 is 0 Å². The Morgan fingerprint density at radius 2 is 2.29 bits per heavy atom. The van der Waals surface area contributed by atoms with Crippen molar-refractivity contribution in [2.75, 3.05) is 0 Å². The molecule has 2 aromatic heterocycles. The van der Waals surface area contributed by atoms with Crippen molar-refractivity contribution < 1.29 is 0 Å². The number of hydrogen-bond acceptors (Lipinski definition) is 4. The molecule has 2 heterocycles. The van der Waals surface area contributed by atoms with Crippen LogP contribution in [0.4, 0.5) is 0 Å². The van der Waals surface area contributed by atoms with Gasteiger partial charge in [0.05, 0.1) is 11.7 Å². The molecule has 0 bridgehead atoms. The van der Waals surface area contributed by atoms with Crippen molar-refractivity contribution in [2.24, 2.45) is 12.9 Å². The molecular formula is C12H17N5. The Morgan fingerprint density at radius 1 is 1.47 bits per heavy atom. The summed E-state index contributed by atoms with van der Waals surface area (Å²) in [6.07, 6.45) is 6.35. The lowest BCUT2D eigenvalue weighted by Crippen LogP contribution is -2.29. The van der Waals surface area contributed by atoms with Crippen molar-refractivity contribution in [2.45, 2.75) is 19.4 Å². The maximum Gasteiger partial charge on any atom is 0.0643 e. The van der Waals surface area contributed by atoms with E-state index in [0.29, 0.717) is 0 Å². The van der Waals surface area contributed by atoms with Gasteiger partial charge in [-0.1, -0.05) is 6.07 Å². The first-order valence-corrected chi connectivity index (χ1v) is 5.55. The van der Waals surface area contributed by atoms with Gasteiger partial charge in [-0.25, -0.2) is 0 Å². The molecule has 2 rings (SSSR count). The third-order valence-electron chi connectivity index (χ3n) is 2.68. The predicted molar refractivity (Wildman–Crippen MR) is 66.0 cm³/mol. The lowest BCUT2D eigenvalue weighted by Gasteiger charge is -2.15. The van der Waals surface area contributed by atoms with Gasteiger partial charge in [0.15, 0.2) is 0 Å². The highest BCUT2D eigenvalue weighted by molar-refractivity contribution is 5.21. The van der Waals surface area contributed by atoms with Crippen LogP contribution in [-0.2, 0) is 13.5 Å². The van der Waals surface area contributed by atoms with Gasteiger partial charge in [-0.2, -0.15) is 5.10 Å². The SMILES string of the molecule is Cc1cncc(C(Cc2ccn(C)n2)NN)c1. The maximum absolute atomic E-state index is 5.60. The Hall–Kier alpha value is -1.72. The van der Waals surface area contributed by atoms with Crippen LogP contribution in [-0.4, -0.2) is 14.8 Å². The zero-order valence-electron chi connectivity index (χ0n) is 10.1. The van der Waals surface area contributed by atoms with Crippen molar-refractivity contribution in [1.29, 1.82) is 0 Å². The molecule has 0 saturated carbocycles. The van der Waals surface area contributed by atoms with E-state index in [1.807, 2.05) is 38.6 Å². The molecule has 2 aromatic rings. The van der Waals surface area contributed by atoms with Crippen LogP contribution in [0.2, 0.25) is 0 Å². The predicted octanol–water partition coefficient (Wildman–Crippen LogP) is 0.871. The zero-order chi connectivity index (χ0) is 12.3. The summed E-state index contributed by atoms with van der Waals surface area (Å²) in [6.45, 7) is 2.02. The summed E-state index contributed by atoms with van der Waals surface area (Å²) in [5.74, 6) is 5.60. The molecule has 5 heteroatoms. The van der Waals surface area contributed by atoms with E-state index in [9.17, 15) is 0 Å². The minimum Gasteiger partial charge on any atom is -0.276 e. The standard InChI is InChI=1S/C12H17N5/c1-9-5-10(8-14-7-9)12(15-13)6-11-3-4-17(2)16-11/h3-5,7-8,12,15H,6,13H2,1-2H3. The molecule has 17 heavy (non-hydrogen) atoms. The minimum atomic E-state index is 0.0392. The van der Waals surface area contributed by atoms with E-state index < -0.39 is 0 Å². The number of nitrogens with one attached hydrogen (secondary N) is 1. The van der Waals surface area contributed by atoms with Crippen LogP contribution in [0.25, 0.3) is 0 Å². The molecule has 0 aromatic carbocycles. The number of hydrogen-bond donors (Lipinski definition) is 2. The number of nitrogens with two attached hydrogens (primary N) is 1. The molecule has 1 unspecified atom stereocenters. The number of hydrazine groups is 1. The first kappa shape index (κ1) is 11.8. The smallest absolute Gasteiger partial charge is 0.0643 e. The average molecular weight is 231 g/mol. The van der Waals surface area contributed by atoms with E-state index in [-0.39, 0.29) is 6.04 Å². The minimum absolute atomic E-state index is 0.0392. The Kier molecular flexibility index (Phi) is 3.51. The van der Waals surface area contributed by atoms with E-state index in [1.54, 1.807) is 4.68 Å². The van der Waals surface area contributed by atoms with E-state index in [1.165, 1.54) is 0 Å². The van der Waals surface area contributed by atoms with Crippen LogP contribution in [0, 0.1) is 6.92 Å². The highest BCUT2D eigenvalue weighted by Crippen LogP contribution is 2.16. The molecule has 0 amide bonds. The van der Waals surface area contributed by atoms with Crippen molar-refractivity contribution in [3.05, 3.63) is 47.5 Å². The highest BCUT2D eigenvalue weighted by atomic mass is 15.3. The molecule has 5 nitrogen and oxygen atoms in total. The Labute approximate surface area is 101 Å². The lowest BCUT2D eigenvalue weighted by molar-refractivity contribution is 0.539. The first-order valence-electron chi connectivity index (χ1n) is 5.55. The number of aryl methyl sites for hydroxylation is 2. The number of aromatic nitrogens is 3. The highest BCUT2D eigenvalue weighted by Gasteiger charge is 2.12. The van der Waals surface area contributed by atoms with Gasteiger partial charge in [0.1, 0.15) is 0 Å². The van der Waals surface area contributed by atoms with Crippen molar-refractivity contribution >= 4 is 0 Å². The first-order chi connectivity index (χ1) is 8.19. The fraction of sp³-hybridized carbons (Fsp3) is 0.333. The molecule has 0 aliphatic heterocycles. The normalized spacial score (nSPS) is 12.6. The fourth-order valence-electron chi connectivity index (χ4n) is 1.82. The molecule has 0 radical (unpaired) electrons. The van der Waals surface area contributed by atoms with Gasteiger partial charge in [0.2, 0.25) is 0 Å². The lowest BCUT2D eigenvalue weighted by atomic mass is 10.0. The van der Waals surface area contributed by atoms with Gasteiger partial charge >= 0.3 is 0 Å². The number of rotatable bonds is 4. The van der Waals surface area contributed by atoms with Gasteiger partial charge in [-0.15, -0.1) is 0 Å². The Balaban J connectivity index is 2.16. The molecule has 0 aliphatic carbocycles. The number of nitrogens with zero attached hydrogens (tertiary/aromatic N) is 3. The van der Waals surface area contributed by atoms with E-state index in [4.69, 9.17) is 5.84 Å². The maximum atomic E-state index is 5.60. The average Bonchev–Trinajstić information content (AvgIpc) is 2.72. The third-order valence-corrected chi connectivity index (χ3v) is 2.68. The van der Waals surface area contributed by atoms with Gasteiger partial charge in [-0.05, 0) is 24.1 Å². The van der Waals surface area contributed by atoms with Gasteiger partial charge in [0.25, 0.3) is 0 Å². The topological polar surface area (TPSA) is 68.8 Å². The Morgan fingerprint density at radius 3 is 2.88 bits per heavy atom. The molecule has 0 saturated heterocycles. The molecule has 0 spiro atoms. The van der Waals surface area contributed by atoms with Crippen LogP contribution in [0.1, 0.15) is 22.9 Å². The molecule has 3 N–H and O–H groups in total. The molecule has 1 atom stereocenters. The summed E-state index contributed by atoms with van der Waals surface area (Å²) in [7, 11) is 1.91. The number of pyridine rings is 1. The van der Waals surface area contributed by atoms with E-state index in [0.717, 1.165) is 23.2 Å². The zero-order valence-corrected chi connectivity index (χ0v) is 10.1. The molecule has 90 valence electrons. The monoisotopic (exact) mass is 231 g/mol. The second-order valence-corrected chi connectivity index (χ2v) is 4.20. The summed E-state index contributed by atoms with van der Waals surface area (Å²) in [5, 5.41) is 4.35. The second-order valence-electron chi connectivity index (χ2n) is 4.20. The van der Waals surface area contributed by atoms with Crippen molar-refractivity contribution in [1.82, 2.24) is 20.2 Å². The van der Waals surface area contributed by atoms with Crippen molar-refractivity contribution in [3.8, 4) is 0 Å². The Bertz CT molecular complexity index is 491. The molecule has 0 fully saturated rings. The van der Waals surface area contributed by atoms with Gasteiger partial charge in [0, 0.05) is 32.1 Å². The summed E-state index contributed by atoms with van der Waals surface area (Å²) < 4.78 is 1.79. The summed E-state index contributed by atoms with van der Waals surface area (Å²) in [6, 6.07) is 4.12. The molecular weight excluding hydrogens is 214 g/mol.